The van der Waals surface area contributed by atoms with Gasteiger partial charge in [-0.1, -0.05) is 45.0 Å². The molecule has 0 aliphatic rings. The highest BCUT2D eigenvalue weighted by molar-refractivity contribution is 6.05. The zero-order chi connectivity index (χ0) is 28.2. The van der Waals surface area contributed by atoms with Crippen molar-refractivity contribution in [3.63, 3.8) is 0 Å². The molecule has 0 unspecified atom stereocenters. The van der Waals surface area contributed by atoms with E-state index in [1.807, 2.05) is 63.5 Å². The van der Waals surface area contributed by atoms with E-state index < -0.39 is 0 Å². The molecule has 4 aromatic rings. The molecule has 0 radical (unpaired) electrons. The van der Waals surface area contributed by atoms with E-state index >= 15 is 0 Å². The van der Waals surface area contributed by atoms with Gasteiger partial charge in [-0.15, -0.1) is 0 Å². The van der Waals surface area contributed by atoms with Crippen LogP contribution in [-0.2, 0) is 5.41 Å². The number of carbonyl (C=O) groups is 2. The number of anilines is 2. The van der Waals surface area contributed by atoms with Crippen molar-refractivity contribution in [2.45, 2.75) is 39.5 Å². The predicted octanol–water partition coefficient (Wildman–Crippen LogP) is 5.33. The van der Waals surface area contributed by atoms with Crippen molar-refractivity contribution in [1.29, 1.82) is 0 Å². The van der Waals surface area contributed by atoms with Crippen molar-refractivity contribution in [3.8, 4) is 11.3 Å². The highest BCUT2D eigenvalue weighted by atomic mass is 16.2. The van der Waals surface area contributed by atoms with Crippen LogP contribution in [0.15, 0.2) is 60.9 Å². The van der Waals surface area contributed by atoms with Gasteiger partial charge in [0, 0.05) is 35.8 Å². The third-order valence-electron chi connectivity index (χ3n) is 6.55. The number of nitrogens with zero attached hydrogens (tertiary/aromatic N) is 4. The number of rotatable bonds is 8. The fourth-order valence-electron chi connectivity index (χ4n) is 4.27. The van der Waals surface area contributed by atoms with Crippen molar-refractivity contribution in [2.75, 3.05) is 37.8 Å². The van der Waals surface area contributed by atoms with Gasteiger partial charge in [0.2, 0.25) is 0 Å². The third kappa shape index (κ3) is 6.80. The molecule has 3 amide bonds. The molecule has 0 saturated carbocycles. The molecule has 0 spiro atoms. The zero-order valence-corrected chi connectivity index (χ0v) is 23.5. The number of aromatic nitrogens is 3. The maximum absolute atomic E-state index is 13.0. The average molecular weight is 528 g/mol. The molecule has 0 bridgehead atoms. The van der Waals surface area contributed by atoms with Gasteiger partial charge in [0.15, 0.2) is 5.65 Å². The van der Waals surface area contributed by atoms with Gasteiger partial charge < -0.3 is 20.9 Å². The first-order valence-electron chi connectivity index (χ1n) is 13.1. The summed E-state index contributed by atoms with van der Waals surface area (Å²) in [5.74, 6) is -0.179. The Morgan fingerprint density at radius 1 is 1.00 bits per heavy atom. The van der Waals surface area contributed by atoms with E-state index in [1.54, 1.807) is 23.0 Å². The minimum Gasteiger partial charge on any atom is -0.338 e. The Morgan fingerprint density at radius 3 is 2.44 bits per heavy atom. The van der Waals surface area contributed by atoms with Gasteiger partial charge in [0.25, 0.3) is 5.91 Å². The van der Waals surface area contributed by atoms with E-state index in [9.17, 15) is 9.59 Å². The molecule has 2 aromatic carbocycles. The lowest BCUT2D eigenvalue weighted by molar-refractivity contribution is 0.102. The van der Waals surface area contributed by atoms with Crippen LogP contribution in [0, 0.1) is 6.92 Å². The first-order valence-corrected chi connectivity index (χ1v) is 13.1. The summed E-state index contributed by atoms with van der Waals surface area (Å²) in [5, 5.41) is 13.6. The van der Waals surface area contributed by atoms with Crippen LogP contribution in [0.3, 0.4) is 0 Å². The molecule has 0 atom stereocenters. The van der Waals surface area contributed by atoms with Crippen LogP contribution in [0.1, 0.15) is 48.7 Å². The quantitative estimate of drug-likeness (QED) is 0.269. The second-order valence-corrected chi connectivity index (χ2v) is 10.9. The van der Waals surface area contributed by atoms with Crippen molar-refractivity contribution in [2.24, 2.45) is 0 Å². The van der Waals surface area contributed by atoms with E-state index in [2.05, 4.69) is 46.6 Å². The Labute approximate surface area is 229 Å². The second kappa shape index (κ2) is 11.7. The molecule has 9 nitrogen and oxygen atoms in total. The van der Waals surface area contributed by atoms with Gasteiger partial charge in [-0.05, 0) is 74.8 Å². The van der Waals surface area contributed by atoms with Gasteiger partial charge in [0.1, 0.15) is 0 Å². The number of urea groups is 1. The summed E-state index contributed by atoms with van der Waals surface area (Å²) >= 11 is 0. The molecule has 39 heavy (non-hydrogen) atoms. The lowest BCUT2D eigenvalue weighted by Crippen LogP contribution is -2.31. The van der Waals surface area contributed by atoms with Crippen LogP contribution in [0.5, 0.6) is 0 Å². The van der Waals surface area contributed by atoms with E-state index in [-0.39, 0.29) is 17.4 Å². The van der Waals surface area contributed by atoms with Crippen LogP contribution in [0.25, 0.3) is 16.9 Å². The van der Waals surface area contributed by atoms with Crippen molar-refractivity contribution in [3.05, 3.63) is 77.6 Å². The fourth-order valence-corrected chi connectivity index (χ4v) is 4.27. The van der Waals surface area contributed by atoms with Gasteiger partial charge in [0.05, 0.1) is 11.4 Å². The Balaban J connectivity index is 1.55. The fraction of sp³-hybridized carbons (Fsp3) is 0.333. The number of nitrogens with one attached hydrogen (secondary N) is 3. The summed E-state index contributed by atoms with van der Waals surface area (Å²) in [5.41, 5.74) is 5.90. The summed E-state index contributed by atoms with van der Waals surface area (Å²) in [4.78, 5) is 32.1. The number of hydrogen-bond donors (Lipinski definition) is 3. The van der Waals surface area contributed by atoms with Gasteiger partial charge >= 0.3 is 6.03 Å². The highest BCUT2D eigenvalue weighted by Crippen LogP contribution is 2.30. The molecule has 2 heterocycles. The molecule has 0 fully saturated rings. The Hall–Kier alpha value is -4.24. The predicted molar refractivity (Wildman–Crippen MR) is 156 cm³/mol. The largest absolute Gasteiger partial charge is 0.338 e. The van der Waals surface area contributed by atoms with E-state index in [0.29, 0.717) is 34.8 Å². The third-order valence-corrected chi connectivity index (χ3v) is 6.55. The average Bonchev–Trinajstić information content (AvgIpc) is 3.36. The number of imidazole rings is 1. The molecule has 0 aliphatic heterocycles. The van der Waals surface area contributed by atoms with Crippen molar-refractivity contribution < 1.29 is 9.59 Å². The Bertz CT molecular complexity index is 1470. The molecule has 9 heteroatoms. The first-order chi connectivity index (χ1) is 18.5. The number of amides is 3. The topological polar surface area (TPSA) is 104 Å². The summed E-state index contributed by atoms with van der Waals surface area (Å²) in [7, 11) is 4.00. The number of benzene rings is 2. The minimum absolute atomic E-state index is 0.0176. The van der Waals surface area contributed by atoms with Gasteiger partial charge in [-0.2, -0.15) is 5.10 Å². The maximum Gasteiger partial charge on any atom is 0.319 e. The van der Waals surface area contributed by atoms with E-state index in [1.165, 1.54) is 5.56 Å². The molecule has 204 valence electrons. The van der Waals surface area contributed by atoms with Crippen LogP contribution < -0.4 is 16.0 Å². The Morgan fingerprint density at radius 2 is 1.74 bits per heavy atom. The molecular formula is C30H37N7O2. The highest BCUT2D eigenvalue weighted by Gasteiger charge is 2.17. The van der Waals surface area contributed by atoms with Crippen molar-refractivity contribution in [1.82, 2.24) is 24.8 Å². The second-order valence-electron chi connectivity index (χ2n) is 10.9. The Kier molecular flexibility index (Phi) is 8.30. The summed E-state index contributed by atoms with van der Waals surface area (Å²) in [6.45, 7) is 9.83. The molecule has 4 rings (SSSR count). The van der Waals surface area contributed by atoms with E-state index in [0.717, 1.165) is 24.1 Å². The molecular weight excluding hydrogens is 490 g/mol. The lowest BCUT2D eigenvalue weighted by atomic mass is 9.86. The zero-order valence-electron chi connectivity index (χ0n) is 23.5. The van der Waals surface area contributed by atoms with Crippen LogP contribution in [0.2, 0.25) is 0 Å². The van der Waals surface area contributed by atoms with Gasteiger partial charge in [-0.3, -0.25) is 4.79 Å². The SMILES string of the molecule is Cc1c(NC(=O)c2ccc(C(C)(C)C)cc2)cccc1-c1cc(NC(=O)NCCCN(C)C)c2nccn2n1. The van der Waals surface area contributed by atoms with Crippen molar-refractivity contribution >= 4 is 29.0 Å². The first kappa shape index (κ1) is 27.8. The normalized spacial score (nSPS) is 11.6. The van der Waals surface area contributed by atoms with Crippen LogP contribution in [0.4, 0.5) is 16.2 Å². The van der Waals surface area contributed by atoms with Gasteiger partial charge in [-0.25, -0.2) is 14.3 Å². The standard InChI is InChI=1S/C30H37N7O2/c1-20-23(9-7-10-24(20)33-28(38)21-11-13-22(14-12-21)30(2,3)4)25-19-26(27-31-16-18-37(27)35-25)34-29(39)32-15-8-17-36(5)6/h7,9-14,16,18-19H,8,15,17H2,1-6H3,(H,33,38)(H2,32,34,39). The molecule has 0 saturated heterocycles. The maximum atomic E-state index is 13.0. The monoisotopic (exact) mass is 527 g/mol. The molecule has 0 aliphatic carbocycles. The summed E-state index contributed by atoms with van der Waals surface area (Å²) in [6.07, 6.45) is 4.22. The molecule has 2 aromatic heterocycles. The summed E-state index contributed by atoms with van der Waals surface area (Å²) < 4.78 is 1.64. The smallest absolute Gasteiger partial charge is 0.319 e. The lowest BCUT2D eigenvalue weighted by Gasteiger charge is -2.19. The number of fused-ring (bicyclic) bond motifs is 1. The van der Waals surface area contributed by atoms with E-state index in [4.69, 9.17) is 5.10 Å². The number of carbonyl (C=O) groups excluding carboxylic acids is 2. The number of hydrogen-bond acceptors (Lipinski definition) is 5. The van der Waals surface area contributed by atoms with Crippen LogP contribution in [-0.4, -0.2) is 58.6 Å². The molecule has 3 N–H and O–H groups in total. The summed E-state index contributed by atoms with van der Waals surface area (Å²) in [6, 6.07) is 14.9. The minimum atomic E-state index is -0.300. The van der Waals surface area contributed by atoms with Crippen LogP contribution >= 0.6 is 0 Å².